The number of carbonyl (C=O) groups is 1. The van der Waals surface area contributed by atoms with E-state index in [4.69, 9.17) is 23.2 Å². The summed E-state index contributed by atoms with van der Waals surface area (Å²) in [5.74, 6) is 1.01. The van der Waals surface area contributed by atoms with E-state index in [1.807, 2.05) is 42.5 Å². The van der Waals surface area contributed by atoms with Gasteiger partial charge < -0.3 is 20.1 Å². The Kier molecular flexibility index (Phi) is 9.71. The second kappa shape index (κ2) is 13.0. The first-order valence-electron chi connectivity index (χ1n) is 12.7. The molecule has 2 aliphatic rings. The minimum atomic E-state index is 0. The Balaban J connectivity index is 0.00000320. The molecule has 2 atom stereocenters. The molecule has 2 fully saturated rings. The quantitative estimate of drug-likeness (QED) is 0.365. The lowest BCUT2D eigenvalue weighted by Gasteiger charge is -2.43. The number of aromatic nitrogens is 3. The SMILES string of the molecule is Cl.O=C1NCCC(CCC(Cn2cnnc2-c2ccccc2)c2ccc(Cl)c(Cl)c2)N1C1CCNCC1. The molecule has 2 aliphatic heterocycles. The average molecular weight is 564 g/mol. The molecule has 0 bridgehead atoms. The van der Waals surface area contributed by atoms with Gasteiger partial charge in [0, 0.05) is 36.7 Å². The van der Waals surface area contributed by atoms with Crippen LogP contribution < -0.4 is 10.6 Å². The Bertz CT molecular complexity index is 1170. The van der Waals surface area contributed by atoms with E-state index in [1.165, 1.54) is 0 Å². The van der Waals surface area contributed by atoms with Crippen LogP contribution in [0.15, 0.2) is 54.9 Å². The average Bonchev–Trinajstić information content (AvgIpc) is 3.37. The van der Waals surface area contributed by atoms with E-state index >= 15 is 0 Å². The van der Waals surface area contributed by atoms with Crippen molar-refractivity contribution >= 4 is 41.6 Å². The number of amides is 2. The zero-order chi connectivity index (χ0) is 24.9. The first kappa shape index (κ1) is 27.7. The van der Waals surface area contributed by atoms with Gasteiger partial charge in [0.15, 0.2) is 5.82 Å². The molecule has 2 N–H and O–H groups in total. The number of benzene rings is 2. The van der Waals surface area contributed by atoms with Crippen molar-refractivity contribution in [2.45, 2.75) is 56.7 Å². The summed E-state index contributed by atoms with van der Waals surface area (Å²) in [5.41, 5.74) is 2.16. The Morgan fingerprint density at radius 3 is 2.54 bits per heavy atom. The van der Waals surface area contributed by atoms with E-state index in [1.54, 1.807) is 6.33 Å². The van der Waals surface area contributed by atoms with E-state index in [9.17, 15) is 4.79 Å². The zero-order valence-corrected chi connectivity index (χ0v) is 23.0. The number of hydrogen-bond acceptors (Lipinski definition) is 4. The van der Waals surface area contributed by atoms with Crippen LogP contribution in [-0.2, 0) is 6.54 Å². The fourth-order valence-electron chi connectivity index (χ4n) is 5.53. The van der Waals surface area contributed by atoms with Crippen LogP contribution in [0.5, 0.6) is 0 Å². The molecule has 37 heavy (non-hydrogen) atoms. The number of hydrogen-bond donors (Lipinski definition) is 2. The second-order valence-corrected chi connectivity index (χ2v) is 10.5. The Morgan fingerprint density at radius 1 is 1.00 bits per heavy atom. The van der Waals surface area contributed by atoms with E-state index in [-0.39, 0.29) is 30.4 Å². The molecule has 2 saturated heterocycles. The molecule has 0 spiro atoms. The number of rotatable bonds is 8. The van der Waals surface area contributed by atoms with Crippen LogP contribution in [0.3, 0.4) is 0 Å². The summed E-state index contributed by atoms with van der Waals surface area (Å²) in [5, 5.41) is 16.2. The molecular weight excluding hydrogens is 531 g/mol. The molecule has 1 aromatic heterocycles. The smallest absolute Gasteiger partial charge is 0.317 e. The van der Waals surface area contributed by atoms with Crippen molar-refractivity contribution in [3.63, 3.8) is 0 Å². The predicted octanol–water partition coefficient (Wildman–Crippen LogP) is 5.77. The Hall–Kier alpha value is -2.32. The zero-order valence-electron chi connectivity index (χ0n) is 20.7. The van der Waals surface area contributed by atoms with Gasteiger partial charge in [0.05, 0.1) is 10.0 Å². The highest BCUT2D eigenvalue weighted by Crippen LogP contribution is 2.33. The summed E-state index contributed by atoms with van der Waals surface area (Å²) in [6.45, 7) is 3.36. The molecule has 0 saturated carbocycles. The van der Waals surface area contributed by atoms with Gasteiger partial charge in [-0.05, 0) is 62.9 Å². The summed E-state index contributed by atoms with van der Waals surface area (Å²) in [6.07, 6.45) is 6.59. The van der Waals surface area contributed by atoms with E-state index < -0.39 is 0 Å². The maximum atomic E-state index is 12.9. The lowest BCUT2D eigenvalue weighted by molar-refractivity contribution is 0.101. The van der Waals surface area contributed by atoms with Gasteiger partial charge in [-0.15, -0.1) is 22.6 Å². The summed E-state index contributed by atoms with van der Waals surface area (Å²) in [4.78, 5) is 15.0. The monoisotopic (exact) mass is 562 g/mol. The maximum Gasteiger partial charge on any atom is 0.317 e. The largest absolute Gasteiger partial charge is 0.338 e. The van der Waals surface area contributed by atoms with Crippen molar-refractivity contribution in [3.8, 4) is 11.4 Å². The third kappa shape index (κ3) is 6.58. The van der Waals surface area contributed by atoms with Gasteiger partial charge in [0.25, 0.3) is 0 Å². The number of piperidine rings is 1. The van der Waals surface area contributed by atoms with Gasteiger partial charge in [-0.1, -0.05) is 59.6 Å². The Morgan fingerprint density at radius 2 is 1.78 bits per heavy atom. The molecule has 3 heterocycles. The lowest BCUT2D eigenvalue weighted by Crippen LogP contribution is -2.58. The molecule has 2 aromatic carbocycles. The molecule has 7 nitrogen and oxygen atoms in total. The summed E-state index contributed by atoms with van der Waals surface area (Å²) >= 11 is 12.7. The number of urea groups is 1. The summed E-state index contributed by atoms with van der Waals surface area (Å²) in [7, 11) is 0. The van der Waals surface area contributed by atoms with Crippen LogP contribution in [0, 0.1) is 0 Å². The number of nitrogens with zero attached hydrogens (tertiary/aromatic N) is 4. The second-order valence-electron chi connectivity index (χ2n) is 9.68. The van der Waals surface area contributed by atoms with Crippen LogP contribution in [0.1, 0.15) is 43.6 Å². The lowest BCUT2D eigenvalue weighted by atomic mass is 9.89. The van der Waals surface area contributed by atoms with Gasteiger partial charge in [0.1, 0.15) is 6.33 Å². The third-order valence-corrected chi connectivity index (χ3v) is 8.15. The van der Waals surface area contributed by atoms with Crippen LogP contribution >= 0.6 is 35.6 Å². The van der Waals surface area contributed by atoms with E-state index in [0.29, 0.717) is 22.6 Å². The molecule has 0 radical (unpaired) electrons. The number of carbonyl (C=O) groups excluding carboxylic acids is 1. The van der Waals surface area contributed by atoms with Gasteiger partial charge in [-0.2, -0.15) is 0 Å². The highest BCUT2D eigenvalue weighted by Gasteiger charge is 2.34. The molecule has 2 unspecified atom stereocenters. The number of nitrogens with one attached hydrogen (secondary N) is 2. The molecule has 3 aromatic rings. The predicted molar refractivity (Wildman–Crippen MR) is 151 cm³/mol. The molecule has 10 heteroatoms. The normalized spacial score (nSPS) is 19.2. The van der Waals surface area contributed by atoms with Crippen molar-refractivity contribution in [3.05, 3.63) is 70.5 Å². The maximum absolute atomic E-state index is 12.9. The Labute approximate surface area is 234 Å². The minimum Gasteiger partial charge on any atom is -0.338 e. The molecule has 2 amide bonds. The van der Waals surface area contributed by atoms with Gasteiger partial charge >= 0.3 is 6.03 Å². The fourth-order valence-corrected chi connectivity index (χ4v) is 5.84. The van der Waals surface area contributed by atoms with E-state index in [2.05, 4.69) is 36.4 Å². The fraction of sp³-hybridized carbons (Fsp3) is 0.444. The van der Waals surface area contributed by atoms with Gasteiger partial charge in [-0.25, -0.2) is 4.79 Å². The first-order valence-corrected chi connectivity index (χ1v) is 13.5. The molecular formula is C27H33Cl3N6O. The first-order chi connectivity index (χ1) is 17.6. The summed E-state index contributed by atoms with van der Waals surface area (Å²) < 4.78 is 2.11. The van der Waals surface area contributed by atoms with Crippen molar-refractivity contribution in [2.75, 3.05) is 19.6 Å². The highest BCUT2D eigenvalue weighted by atomic mass is 35.5. The van der Waals surface area contributed by atoms with Crippen molar-refractivity contribution in [1.82, 2.24) is 30.3 Å². The highest BCUT2D eigenvalue weighted by molar-refractivity contribution is 6.42. The van der Waals surface area contributed by atoms with Crippen molar-refractivity contribution in [1.29, 1.82) is 0 Å². The van der Waals surface area contributed by atoms with Crippen molar-refractivity contribution in [2.24, 2.45) is 0 Å². The van der Waals surface area contributed by atoms with Crippen LogP contribution in [0.25, 0.3) is 11.4 Å². The molecule has 5 rings (SSSR count). The third-order valence-electron chi connectivity index (χ3n) is 7.41. The van der Waals surface area contributed by atoms with Crippen LogP contribution in [0.4, 0.5) is 4.79 Å². The molecule has 198 valence electrons. The van der Waals surface area contributed by atoms with E-state index in [0.717, 1.165) is 68.7 Å². The van der Waals surface area contributed by atoms with Gasteiger partial charge in [0.2, 0.25) is 0 Å². The number of halogens is 3. The molecule has 0 aliphatic carbocycles. The van der Waals surface area contributed by atoms with Crippen LogP contribution in [0.2, 0.25) is 10.0 Å². The summed E-state index contributed by atoms with van der Waals surface area (Å²) in [6, 6.07) is 16.6. The van der Waals surface area contributed by atoms with Crippen LogP contribution in [-0.4, -0.2) is 57.4 Å². The minimum absolute atomic E-state index is 0. The van der Waals surface area contributed by atoms with Gasteiger partial charge in [-0.3, -0.25) is 0 Å². The standard InChI is InChI=1S/C27H32Cl2N6O.ClH/c28-24-9-7-20(16-25(24)29)21(17-34-18-32-33-26(34)19-4-2-1-3-5-19)6-8-22-12-15-31-27(36)35(22)23-10-13-30-14-11-23;/h1-5,7,9,16,18,21-23,30H,6,8,10-15,17H2,(H,31,36);1H. The topological polar surface area (TPSA) is 75.1 Å². The van der Waals surface area contributed by atoms with Crippen molar-refractivity contribution < 1.29 is 4.79 Å².